The molecule has 3 heteroatoms. The third-order valence-corrected chi connectivity index (χ3v) is 2.74. The van der Waals surface area contributed by atoms with Gasteiger partial charge in [0.05, 0.1) is 5.92 Å². The molecule has 1 aromatic carbocycles. The van der Waals surface area contributed by atoms with Gasteiger partial charge in [-0.1, -0.05) is 31.5 Å². The second kappa shape index (κ2) is 4.67. The van der Waals surface area contributed by atoms with Crippen LogP contribution in [0.4, 0.5) is 0 Å². The molecule has 0 aliphatic heterocycles. The molecule has 15 heavy (non-hydrogen) atoms. The summed E-state index contributed by atoms with van der Waals surface area (Å²) >= 11 is 5.88. The number of hydrogen-bond acceptors (Lipinski definition) is 1. The fraction of sp³-hybridized carbons (Fsp3) is 0.417. The highest BCUT2D eigenvalue weighted by atomic mass is 35.5. The van der Waals surface area contributed by atoms with Crippen LogP contribution in [0.2, 0.25) is 5.02 Å². The number of hydrogen-bond donors (Lipinski definition) is 1. The Morgan fingerprint density at radius 3 is 2.33 bits per heavy atom. The van der Waals surface area contributed by atoms with E-state index in [1.165, 1.54) is 0 Å². The summed E-state index contributed by atoms with van der Waals surface area (Å²) in [5.41, 5.74) is 1.86. The smallest absolute Gasteiger partial charge is 0.310 e. The summed E-state index contributed by atoms with van der Waals surface area (Å²) in [6, 6.07) is 5.45. The molecule has 0 radical (unpaired) electrons. The molecule has 1 N–H and O–H groups in total. The van der Waals surface area contributed by atoms with Crippen molar-refractivity contribution >= 4 is 17.6 Å². The molecular formula is C12H15ClO2. The van der Waals surface area contributed by atoms with E-state index >= 15 is 0 Å². The lowest BCUT2D eigenvalue weighted by molar-refractivity contribution is -0.138. The number of carboxylic acids is 1. The zero-order valence-electron chi connectivity index (χ0n) is 9.12. The second-order valence-electron chi connectivity index (χ2n) is 3.99. The molecule has 0 saturated heterocycles. The van der Waals surface area contributed by atoms with Crippen molar-refractivity contribution in [3.63, 3.8) is 0 Å². The van der Waals surface area contributed by atoms with Gasteiger partial charge in [0.1, 0.15) is 0 Å². The van der Waals surface area contributed by atoms with Gasteiger partial charge in [-0.25, -0.2) is 0 Å². The van der Waals surface area contributed by atoms with Crippen molar-refractivity contribution in [3.05, 3.63) is 34.3 Å². The van der Waals surface area contributed by atoms with Gasteiger partial charge in [-0.2, -0.15) is 0 Å². The molecule has 0 fully saturated rings. The highest BCUT2D eigenvalue weighted by Gasteiger charge is 2.18. The SMILES string of the molecule is CC(C)c1ccc(Cl)cc1C(C)C(=O)O. The van der Waals surface area contributed by atoms with Crippen molar-refractivity contribution in [1.29, 1.82) is 0 Å². The van der Waals surface area contributed by atoms with Crippen molar-refractivity contribution in [2.45, 2.75) is 32.6 Å². The number of halogens is 1. The van der Waals surface area contributed by atoms with E-state index in [-0.39, 0.29) is 0 Å². The molecule has 1 atom stereocenters. The van der Waals surface area contributed by atoms with Crippen LogP contribution < -0.4 is 0 Å². The number of carbonyl (C=O) groups is 1. The maximum Gasteiger partial charge on any atom is 0.310 e. The Bertz CT molecular complexity index is 372. The van der Waals surface area contributed by atoms with Crippen LogP contribution in [0.5, 0.6) is 0 Å². The van der Waals surface area contributed by atoms with E-state index in [4.69, 9.17) is 16.7 Å². The quantitative estimate of drug-likeness (QED) is 0.854. The van der Waals surface area contributed by atoms with E-state index in [2.05, 4.69) is 0 Å². The monoisotopic (exact) mass is 226 g/mol. The Kier molecular flexibility index (Phi) is 3.75. The molecule has 0 aliphatic rings. The number of carboxylic acid groups (broad SMARTS) is 1. The van der Waals surface area contributed by atoms with Crippen molar-refractivity contribution < 1.29 is 9.90 Å². The van der Waals surface area contributed by atoms with Crippen LogP contribution >= 0.6 is 11.6 Å². The van der Waals surface area contributed by atoms with Gasteiger partial charge in [0.15, 0.2) is 0 Å². The predicted octanol–water partition coefficient (Wildman–Crippen LogP) is 3.65. The van der Waals surface area contributed by atoms with Gasteiger partial charge < -0.3 is 5.11 Å². The molecule has 0 amide bonds. The van der Waals surface area contributed by atoms with Crippen LogP contribution in [0.1, 0.15) is 43.7 Å². The van der Waals surface area contributed by atoms with E-state index in [9.17, 15) is 4.79 Å². The van der Waals surface area contributed by atoms with Gasteiger partial charge in [-0.05, 0) is 36.1 Å². The normalized spacial score (nSPS) is 12.9. The van der Waals surface area contributed by atoms with E-state index in [1.54, 1.807) is 19.1 Å². The van der Waals surface area contributed by atoms with Crippen LogP contribution in [0, 0.1) is 0 Å². The number of rotatable bonds is 3. The van der Waals surface area contributed by atoms with E-state index in [0.717, 1.165) is 11.1 Å². The first-order valence-electron chi connectivity index (χ1n) is 4.95. The predicted molar refractivity (Wildman–Crippen MR) is 61.6 cm³/mol. The zero-order valence-corrected chi connectivity index (χ0v) is 9.88. The summed E-state index contributed by atoms with van der Waals surface area (Å²) < 4.78 is 0. The molecule has 0 heterocycles. The Morgan fingerprint density at radius 1 is 1.27 bits per heavy atom. The van der Waals surface area contributed by atoms with Crippen LogP contribution in [0.3, 0.4) is 0 Å². The summed E-state index contributed by atoms with van der Waals surface area (Å²) in [5.74, 6) is -1.03. The van der Waals surface area contributed by atoms with Gasteiger partial charge in [0.2, 0.25) is 0 Å². The summed E-state index contributed by atoms with van der Waals surface area (Å²) in [6.45, 7) is 5.77. The Morgan fingerprint density at radius 2 is 1.87 bits per heavy atom. The maximum absolute atomic E-state index is 10.9. The molecule has 0 aromatic heterocycles. The topological polar surface area (TPSA) is 37.3 Å². The van der Waals surface area contributed by atoms with Crippen molar-refractivity contribution in [2.24, 2.45) is 0 Å². The molecule has 2 nitrogen and oxygen atoms in total. The molecule has 0 aliphatic carbocycles. The van der Waals surface area contributed by atoms with Crippen LogP contribution in [-0.4, -0.2) is 11.1 Å². The van der Waals surface area contributed by atoms with E-state index < -0.39 is 11.9 Å². The van der Waals surface area contributed by atoms with E-state index in [0.29, 0.717) is 10.9 Å². The lowest BCUT2D eigenvalue weighted by atomic mass is 9.90. The summed E-state index contributed by atoms with van der Waals surface area (Å²) in [4.78, 5) is 10.9. The molecule has 1 rings (SSSR count). The molecule has 82 valence electrons. The third-order valence-electron chi connectivity index (χ3n) is 2.51. The van der Waals surface area contributed by atoms with Gasteiger partial charge in [0.25, 0.3) is 0 Å². The number of aliphatic carboxylic acids is 1. The fourth-order valence-electron chi connectivity index (χ4n) is 1.58. The largest absolute Gasteiger partial charge is 0.481 e. The average molecular weight is 227 g/mol. The molecule has 1 aromatic rings. The molecule has 0 bridgehead atoms. The van der Waals surface area contributed by atoms with E-state index in [1.807, 2.05) is 19.9 Å². The standard InChI is InChI=1S/C12H15ClO2/c1-7(2)10-5-4-9(13)6-11(10)8(3)12(14)15/h4-8H,1-3H3,(H,14,15). The number of benzene rings is 1. The first-order chi connectivity index (χ1) is 6.93. The Labute approximate surface area is 94.9 Å². The minimum Gasteiger partial charge on any atom is -0.481 e. The first-order valence-corrected chi connectivity index (χ1v) is 5.33. The summed E-state index contributed by atoms with van der Waals surface area (Å²) in [7, 11) is 0. The lowest BCUT2D eigenvalue weighted by Crippen LogP contribution is -2.10. The Hall–Kier alpha value is -1.02. The average Bonchev–Trinajstić information content (AvgIpc) is 2.15. The fourth-order valence-corrected chi connectivity index (χ4v) is 1.76. The van der Waals surface area contributed by atoms with Crippen molar-refractivity contribution in [2.75, 3.05) is 0 Å². The molecule has 0 spiro atoms. The highest BCUT2D eigenvalue weighted by molar-refractivity contribution is 6.30. The minimum absolute atomic E-state index is 0.305. The lowest BCUT2D eigenvalue weighted by Gasteiger charge is -2.16. The van der Waals surface area contributed by atoms with Gasteiger partial charge in [-0.15, -0.1) is 0 Å². The zero-order chi connectivity index (χ0) is 11.6. The van der Waals surface area contributed by atoms with Crippen LogP contribution in [-0.2, 0) is 4.79 Å². The first kappa shape index (κ1) is 12.1. The Balaban J connectivity index is 3.24. The molecular weight excluding hydrogens is 212 g/mol. The minimum atomic E-state index is -0.820. The summed E-state index contributed by atoms with van der Waals surface area (Å²) in [5, 5.41) is 9.58. The van der Waals surface area contributed by atoms with Gasteiger partial charge in [-0.3, -0.25) is 4.79 Å². The van der Waals surface area contributed by atoms with Gasteiger partial charge >= 0.3 is 5.97 Å². The summed E-state index contributed by atoms with van der Waals surface area (Å²) in [6.07, 6.45) is 0. The van der Waals surface area contributed by atoms with Crippen LogP contribution in [0.15, 0.2) is 18.2 Å². The van der Waals surface area contributed by atoms with Crippen molar-refractivity contribution in [3.8, 4) is 0 Å². The maximum atomic E-state index is 10.9. The van der Waals surface area contributed by atoms with Crippen LogP contribution in [0.25, 0.3) is 0 Å². The third kappa shape index (κ3) is 2.72. The highest BCUT2D eigenvalue weighted by Crippen LogP contribution is 2.29. The second-order valence-corrected chi connectivity index (χ2v) is 4.42. The molecule has 0 saturated carbocycles. The van der Waals surface area contributed by atoms with Crippen molar-refractivity contribution in [1.82, 2.24) is 0 Å². The van der Waals surface area contributed by atoms with Gasteiger partial charge in [0, 0.05) is 5.02 Å². The molecule has 1 unspecified atom stereocenters.